The standard InChI is InChI=1S/C15H25N3O2S/c1-11(2)18-10-13(9-16-18)21(19,20)17-15-8-14(15)12-6-4-3-5-7-12/h9-12,14-15,17H,3-8H2,1-2H3. The Kier molecular flexibility index (Phi) is 4.10. The minimum Gasteiger partial charge on any atom is -0.269 e. The van der Waals surface area contributed by atoms with Crippen LogP contribution < -0.4 is 4.72 Å². The van der Waals surface area contributed by atoms with Gasteiger partial charge in [-0.2, -0.15) is 5.10 Å². The van der Waals surface area contributed by atoms with Gasteiger partial charge < -0.3 is 0 Å². The van der Waals surface area contributed by atoms with Crippen molar-refractivity contribution >= 4 is 10.0 Å². The smallest absolute Gasteiger partial charge is 0.243 e. The predicted octanol–water partition coefficient (Wildman–Crippen LogP) is 2.71. The highest BCUT2D eigenvalue weighted by Crippen LogP contribution is 2.44. The van der Waals surface area contributed by atoms with Gasteiger partial charge in [0.2, 0.25) is 10.0 Å². The maximum Gasteiger partial charge on any atom is 0.243 e. The summed E-state index contributed by atoms with van der Waals surface area (Å²) < 4.78 is 29.3. The lowest BCUT2D eigenvalue weighted by atomic mass is 9.86. The molecular weight excluding hydrogens is 286 g/mol. The van der Waals surface area contributed by atoms with Crippen molar-refractivity contribution in [1.82, 2.24) is 14.5 Å². The van der Waals surface area contributed by atoms with E-state index in [1.54, 1.807) is 10.9 Å². The summed E-state index contributed by atoms with van der Waals surface area (Å²) >= 11 is 0. The van der Waals surface area contributed by atoms with Crippen LogP contribution >= 0.6 is 0 Å². The fraction of sp³-hybridized carbons (Fsp3) is 0.800. The van der Waals surface area contributed by atoms with Crippen molar-refractivity contribution < 1.29 is 8.42 Å². The highest BCUT2D eigenvalue weighted by Gasteiger charge is 2.45. The van der Waals surface area contributed by atoms with E-state index < -0.39 is 10.0 Å². The number of rotatable bonds is 5. The molecule has 0 amide bonds. The largest absolute Gasteiger partial charge is 0.269 e. The highest BCUT2D eigenvalue weighted by atomic mass is 32.2. The summed E-state index contributed by atoms with van der Waals surface area (Å²) in [6.07, 6.45) is 10.6. The minimum atomic E-state index is -3.41. The average molecular weight is 311 g/mol. The molecule has 1 heterocycles. The van der Waals surface area contributed by atoms with E-state index in [1.165, 1.54) is 38.3 Å². The maximum absolute atomic E-state index is 12.4. The second-order valence-corrected chi connectivity index (χ2v) is 8.49. The molecule has 0 aromatic carbocycles. The lowest BCUT2D eigenvalue weighted by Crippen LogP contribution is -2.28. The molecule has 2 saturated carbocycles. The van der Waals surface area contributed by atoms with Crippen LogP contribution in [0, 0.1) is 11.8 Å². The summed E-state index contributed by atoms with van der Waals surface area (Å²) in [5.41, 5.74) is 0. The molecule has 0 spiro atoms. The Morgan fingerprint density at radius 1 is 1.29 bits per heavy atom. The Labute approximate surface area is 127 Å². The molecule has 0 bridgehead atoms. The van der Waals surface area contributed by atoms with Crippen molar-refractivity contribution in [2.75, 3.05) is 0 Å². The lowest BCUT2D eigenvalue weighted by Gasteiger charge is -2.21. The molecule has 6 heteroatoms. The van der Waals surface area contributed by atoms with Crippen molar-refractivity contribution in [3.8, 4) is 0 Å². The van der Waals surface area contributed by atoms with E-state index in [2.05, 4.69) is 9.82 Å². The molecule has 21 heavy (non-hydrogen) atoms. The summed E-state index contributed by atoms with van der Waals surface area (Å²) in [7, 11) is -3.41. The zero-order valence-electron chi connectivity index (χ0n) is 12.8. The maximum atomic E-state index is 12.4. The summed E-state index contributed by atoms with van der Waals surface area (Å²) in [5, 5.41) is 4.12. The zero-order valence-corrected chi connectivity index (χ0v) is 13.6. The van der Waals surface area contributed by atoms with Crippen LogP contribution in [0.15, 0.2) is 17.3 Å². The van der Waals surface area contributed by atoms with Gasteiger partial charge in [0, 0.05) is 18.3 Å². The number of sulfonamides is 1. The second kappa shape index (κ2) is 5.72. The van der Waals surface area contributed by atoms with E-state index in [0.717, 1.165) is 12.3 Å². The van der Waals surface area contributed by atoms with E-state index >= 15 is 0 Å². The van der Waals surface area contributed by atoms with E-state index in [1.807, 2.05) is 13.8 Å². The topological polar surface area (TPSA) is 64.0 Å². The second-order valence-electron chi connectivity index (χ2n) is 6.78. The molecule has 2 fully saturated rings. The first-order valence-corrected chi connectivity index (χ1v) is 9.52. The molecule has 2 atom stereocenters. The van der Waals surface area contributed by atoms with Gasteiger partial charge in [0.15, 0.2) is 0 Å². The monoisotopic (exact) mass is 311 g/mol. The zero-order chi connectivity index (χ0) is 15.0. The molecule has 2 unspecified atom stereocenters. The summed E-state index contributed by atoms with van der Waals surface area (Å²) in [6, 6.07) is 0.311. The fourth-order valence-corrected chi connectivity index (χ4v) is 4.68. The van der Waals surface area contributed by atoms with E-state index in [-0.39, 0.29) is 17.0 Å². The van der Waals surface area contributed by atoms with Crippen molar-refractivity contribution in [2.45, 2.75) is 69.4 Å². The van der Waals surface area contributed by atoms with Crippen LogP contribution in [0.1, 0.15) is 58.4 Å². The van der Waals surface area contributed by atoms with Gasteiger partial charge >= 0.3 is 0 Å². The summed E-state index contributed by atoms with van der Waals surface area (Å²) in [6.45, 7) is 3.97. The molecule has 2 aliphatic carbocycles. The molecule has 1 aromatic rings. The Hall–Kier alpha value is -0.880. The molecule has 1 aromatic heterocycles. The number of hydrogen-bond acceptors (Lipinski definition) is 3. The lowest BCUT2D eigenvalue weighted by molar-refractivity contribution is 0.316. The molecule has 0 aliphatic heterocycles. The minimum absolute atomic E-state index is 0.139. The molecule has 0 radical (unpaired) electrons. The van der Waals surface area contributed by atoms with Gasteiger partial charge in [-0.05, 0) is 32.1 Å². The Morgan fingerprint density at radius 2 is 2.00 bits per heavy atom. The molecule has 0 saturated heterocycles. The van der Waals surface area contributed by atoms with Crippen LogP contribution in [0.2, 0.25) is 0 Å². The van der Waals surface area contributed by atoms with Crippen molar-refractivity contribution in [1.29, 1.82) is 0 Å². The van der Waals surface area contributed by atoms with Crippen molar-refractivity contribution in [2.24, 2.45) is 11.8 Å². The third kappa shape index (κ3) is 3.31. The SMILES string of the molecule is CC(C)n1cc(S(=O)(=O)NC2CC2C2CCCCC2)cn1. The number of nitrogens with zero attached hydrogens (tertiary/aromatic N) is 2. The predicted molar refractivity (Wildman–Crippen MR) is 81.4 cm³/mol. The molecular formula is C15H25N3O2S. The van der Waals surface area contributed by atoms with Crippen LogP contribution in [0.4, 0.5) is 0 Å². The highest BCUT2D eigenvalue weighted by molar-refractivity contribution is 7.89. The van der Waals surface area contributed by atoms with Crippen molar-refractivity contribution in [3.05, 3.63) is 12.4 Å². The van der Waals surface area contributed by atoms with Gasteiger partial charge in [-0.3, -0.25) is 4.68 Å². The molecule has 2 aliphatic rings. The van der Waals surface area contributed by atoms with Crippen LogP contribution in [-0.2, 0) is 10.0 Å². The van der Waals surface area contributed by atoms with Crippen LogP contribution in [0.3, 0.4) is 0 Å². The van der Waals surface area contributed by atoms with Gasteiger partial charge in [0.25, 0.3) is 0 Å². The van der Waals surface area contributed by atoms with E-state index in [4.69, 9.17) is 0 Å². The van der Waals surface area contributed by atoms with Crippen LogP contribution in [0.5, 0.6) is 0 Å². The summed E-state index contributed by atoms with van der Waals surface area (Å²) in [4.78, 5) is 0.283. The van der Waals surface area contributed by atoms with E-state index in [0.29, 0.717) is 5.92 Å². The number of hydrogen-bond donors (Lipinski definition) is 1. The Bertz CT molecular complexity index is 588. The van der Waals surface area contributed by atoms with Gasteiger partial charge in [-0.15, -0.1) is 0 Å². The molecule has 5 nitrogen and oxygen atoms in total. The third-order valence-corrected chi connectivity index (χ3v) is 6.26. The average Bonchev–Trinajstić information content (AvgIpc) is 3.01. The first-order valence-electron chi connectivity index (χ1n) is 8.04. The first kappa shape index (κ1) is 15.0. The van der Waals surface area contributed by atoms with E-state index in [9.17, 15) is 8.42 Å². The van der Waals surface area contributed by atoms with Gasteiger partial charge in [-0.25, -0.2) is 13.1 Å². The normalized spacial score (nSPS) is 27.2. The number of nitrogens with one attached hydrogen (secondary N) is 1. The third-order valence-electron chi connectivity index (χ3n) is 4.82. The van der Waals surface area contributed by atoms with Gasteiger partial charge in [0.05, 0.1) is 6.20 Å². The fourth-order valence-electron chi connectivity index (χ4n) is 3.44. The quantitative estimate of drug-likeness (QED) is 0.909. The van der Waals surface area contributed by atoms with Gasteiger partial charge in [0.1, 0.15) is 4.90 Å². The molecule has 118 valence electrons. The molecule has 3 rings (SSSR count). The first-order chi connectivity index (χ1) is 9.97. The molecule has 1 N–H and O–H groups in total. The van der Waals surface area contributed by atoms with Crippen molar-refractivity contribution in [3.63, 3.8) is 0 Å². The van der Waals surface area contributed by atoms with Crippen LogP contribution in [0.25, 0.3) is 0 Å². The Morgan fingerprint density at radius 3 is 2.62 bits per heavy atom. The Balaban J connectivity index is 1.61. The number of aromatic nitrogens is 2. The van der Waals surface area contributed by atoms with Gasteiger partial charge in [-0.1, -0.05) is 32.1 Å². The van der Waals surface area contributed by atoms with Crippen LogP contribution in [-0.4, -0.2) is 24.2 Å². The summed E-state index contributed by atoms with van der Waals surface area (Å²) in [5.74, 6) is 1.28.